The predicted octanol–water partition coefficient (Wildman–Crippen LogP) is 2.19. The van der Waals surface area contributed by atoms with Crippen LogP contribution in [0, 0.1) is 0 Å². The summed E-state index contributed by atoms with van der Waals surface area (Å²) in [5.74, 6) is -0.779. The molecule has 2 aromatic rings. The third kappa shape index (κ3) is 6.75. The van der Waals surface area contributed by atoms with E-state index in [1.54, 1.807) is 24.3 Å². The standard InChI is InChI=1S/C21H24N2O5/c1-15(24)17-5-4-6-19(11-17)27-14-21(26)28-13-20(25)22-12-16-7-9-18(10-8-16)23(2)3/h4-11H,12-14H2,1-3H3,(H,22,25). The summed E-state index contributed by atoms with van der Waals surface area (Å²) in [7, 11) is 3.91. The SMILES string of the molecule is CC(=O)c1cccc(OCC(=O)OCC(=O)NCc2ccc(N(C)C)cc2)c1. The maximum Gasteiger partial charge on any atom is 0.344 e. The number of nitrogens with one attached hydrogen (secondary N) is 1. The normalized spacial score (nSPS) is 10.1. The number of ketones is 1. The minimum absolute atomic E-state index is 0.0962. The number of carbonyl (C=O) groups is 3. The van der Waals surface area contributed by atoms with Gasteiger partial charge in [-0.2, -0.15) is 0 Å². The van der Waals surface area contributed by atoms with Crippen molar-refractivity contribution >= 4 is 23.3 Å². The van der Waals surface area contributed by atoms with Gasteiger partial charge < -0.3 is 19.7 Å². The van der Waals surface area contributed by atoms with E-state index in [4.69, 9.17) is 9.47 Å². The number of ether oxygens (including phenoxy) is 2. The maximum atomic E-state index is 11.8. The maximum absolute atomic E-state index is 11.8. The lowest BCUT2D eigenvalue weighted by molar-refractivity contribution is -0.150. The Morgan fingerprint density at radius 2 is 1.71 bits per heavy atom. The Labute approximate surface area is 164 Å². The Kier molecular flexibility index (Phi) is 7.56. The molecule has 0 fully saturated rings. The fraction of sp³-hybridized carbons (Fsp3) is 0.286. The van der Waals surface area contributed by atoms with Gasteiger partial charge in [-0.3, -0.25) is 9.59 Å². The summed E-state index contributed by atoms with van der Waals surface area (Å²) in [6.45, 7) is 1.06. The Bertz CT molecular complexity index is 831. The van der Waals surface area contributed by atoms with Gasteiger partial charge in [0, 0.05) is 31.9 Å². The predicted molar refractivity (Wildman–Crippen MR) is 106 cm³/mol. The number of nitrogens with zero attached hydrogens (tertiary/aromatic N) is 1. The number of carbonyl (C=O) groups excluding carboxylic acids is 3. The molecule has 0 heterocycles. The molecule has 0 aliphatic heterocycles. The van der Waals surface area contributed by atoms with Gasteiger partial charge in [0.15, 0.2) is 19.0 Å². The van der Waals surface area contributed by atoms with Crippen LogP contribution in [0.25, 0.3) is 0 Å². The Hall–Kier alpha value is -3.35. The average molecular weight is 384 g/mol. The van der Waals surface area contributed by atoms with E-state index in [2.05, 4.69) is 5.32 Å². The van der Waals surface area contributed by atoms with E-state index in [0.717, 1.165) is 11.3 Å². The van der Waals surface area contributed by atoms with Crippen molar-refractivity contribution in [3.63, 3.8) is 0 Å². The number of benzene rings is 2. The van der Waals surface area contributed by atoms with Crippen LogP contribution in [-0.2, 0) is 20.9 Å². The highest BCUT2D eigenvalue weighted by Gasteiger charge is 2.09. The molecular weight excluding hydrogens is 360 g/mol. The summed E-state index contributed by atoms with van der Waals surface area (Å²) < 4.78 is 10.2. The van der Waals surface area contributed by atoms with Crippen LogP contribution in [-0.4, -0.2) is 45.0 Å². The van der Waals surface area contributed by atoms with Gasteiger partial charge in [-0.25, -0.2) is 4.79 Å². The second-order valence-electron chi connectivity index (χ2n) is 6.37. The molecule has 0 aliphatic rings. The molecule has 7 nitrogen and oxygen atoms in total. The highest BCUT2D eigenvalue weighted by molar-refractivity contribution is 5.94. The minimum Gasteiger partial charge on any atom is -0.482 e. The molecule has 0 atom stereocenters. The lowest BCUT2D eigenvalue weighted by atomic mass is 10.1. The molecule has 0 saturated carbocycles. The summed E-state index contributed by atoms with van der Waals surface area (Å²) in [5.41, 5.74) is 2.50. The van der Waals surface area contributed by atoms with Crippen LogP contribution in [0.15, 0.2) is 48.5 Å². The fourth-order valence-electron chi connectivity index (χ4n) is 2.30. The van der Waals surface area contributed by atoms with E-state index in [0.29, 0.717) is 17.9 Å². The largest absolute Gasteiger partial charge is 0.482 e. The van der Waals surface area contributed by atoms with E-state index >= 15 is 0 Å². The number of rotatable bonds is 9. The quantitative estimate of drug-likeness (QED) is 0.527. The van der Waals surface area contributed by atoms with Crippen molar-refractivity contribution in [2.75, 3.05) is 32.2 Å². The van der Waals surface area contributed by atoms with Crippen LogP contribution < -0.4 is 15.0 Å². The first-order chi connectivity index (χ1) is 13.3. The molecule has 0 aromatic heterocycles. The van der Waals surface area contributed by atoms with Gasteiger partial charge in [0.2, 0.25) is 0 Å². The highest BCUT2D eigenvalue weighted by Crippen LogP contribution is 2.14. The average Bonchev–Trinajstić information content (AvgIpc) is 2.69. The Balaban J connectivity index is 1.69. The monoisotopic (exact) mass is 384 g/mol. The molecule has 0 unspecified atom stereocenters. The molecule has 148 valence electrons. The van der Waals surface area contributed by atoms with Crippen LogP contribution in [0.1, 0.15) is 22.8 Å². The fourth-order valence-corrected chi connectivity index (χ4v) is 2.30. The summed E-state index contributed by atoms with van der Waals surface area (Å²) in [6, 6.07) is 14.3. The third-order valence-electron chi connectivity index (χ3n) is 3.90. The van der Waals surface area contributed by atoms with Crippen LogP contribution in [0.4, 0.5) is 5.69 Å². The van der Waals surface area contributed by atoms with Crippen LogP contribution in [0.2, 0.25) is 0 Å². The first-order valence-electron chi connectivity index (χ1n) is 8.77. The zero-order valence-electron chi connectivity index (χ0n) is 16.2. The number of esters is 1. The van der Waals surface area contributed by atoms with Crippen molar-refractivity contribution in [3.05, 3.63) is 59.7 Å². The molecule has 7 heteroatoms. The number of hydrogen-bond acceptors (Lipinski definition) is 6. The van der Waals surface area contributed by atoms with Gasteiger partial charge in [-0.1, -0.05) is 24.3 Å². The number of hydrogen-bond donors (Lipinski definition) is 1. The van der Waals surface area contributed by atoms with Gasteiger partial charge in [0.25, 0.3) is 5.91 Å². The summed E-state index contributed by atoms with van der Waals surface area (Å²) in [4.78, 5) is 36.8. The molecule has 0 radical (unpaired) electrons. The van der Waals surface area contributed by atoms with Gasteiger partial charge in [0.1, 0.15) is 5.75 Å². The molecule has 1 amide bonds. The first-order valence-corrected chi connectivity index (χ1v) is 8.77. The van der Waals surface area contributed by atoms with Gasteiger partial charge in [-0.05, 0) is 36.8 Å². The zero-order chi connectivity index (χ0) is 20.5. The summed E-state index contributed by atoms with van der Waals surface area (Å²) >= 11 is 0. The molecule has 2 rings (SSSR count). The zero-order valence-corrected chi connectivity index (χ0v) is 16.2. The second kappa shape index (κ2) is 10.1. The Morgan fingerprint density at radius 1 is 1.00 bits per heavy atom. The van der Waals surface area contributed by atoms with E-state index < -0.39 is 11.9 Å². The van der Waals surface area contributed by atoms with Crippen molar-refractivity contribution in [2.24, 2.45) is 0 Å². The van der Waals surface area contributed by atoms with Gasteiger partial charge in [-0.15, -0.1) is 0 Å². The topological polar surface area (TPSA) is 84.9 Å². The van der Waals surface area contributed by atoms with E-state index in [9.17, 15) is 14.4 Å². The molecule has 0 saturated heterocycles. The molecule has 28 heavy (non-hydrogen) atoms. The van der Waals surface area contributed by atoms with Crippen LogP contribution >= 0.6 is 0 Å². The molecule has 1 N–H and O–H groups in total. The molecular formula is C21H24N2O5. The minimum atomic E-state index is -0.668. The first kappa shape index (κ1) is 21.0. The number of amides is 1. The van der Waals surface area contributed by atoms with E-state index in [-0.39, 0.29) is 19.0 Å². The molecule has 2 aromatic carbocycles. The summed E-state index contributed by atoms with van der Waals surface area (Å²) in [6.07, 6.45) is 0. The molecule has 0 aliphatic carbocycles. The van der Waals surface area contributed by atoms with E-state index in [1.807, 2.05) is 43.3 Å². The number of Topliss-reactive ketones (excluding diaryl/α,β-unsaturated/α-hetero) is 1. The Morgan fingerprint density at radius 3 is 2.36 bits per heavy atom. The van der Waals surface area contributed by atoms with Gasteiger partial charge in [0.05, 0.1) is 0 Å². The summed E-state index contributed by atoms with van der Waals surface area (Å²) in [5, 5.41) is 2.69. The van der Waals surface area contributed by atoms with Crippen molar-refractivity contribution in [3.8, 4) is 5.75 Å². The van der Waals surface area contributed by atoms with Gasteiger partial charge >= 0.3 is 5.97 Å². The van der Waals surface area contributed by atoms with Crippen molar-refractivity contribution in [2.45, 2.75) is 13.5 Å². The molecule has 0 bridgehead atoms. The number of anilines is 1. The van der Waals surface area contributed by atoms with Crippen LogP contribution in [0.5, 0.6) is 5.75 Å². The van der Waals surface area contributed by atoms with Crippen molar-refractivity contribution in [1.29, 1.82) is 0 Å². The lowest BCUT2D eigenvalue weighted by Gasteiger charge is -2.13. The van der Waals surface area contributed by atoms with Crippen molar-refractivity contribution in [1.82, 2.24) is 5.32 Å². The lowest BCUT2D eigenvalue weighted by Crippen LogP contribution is -2.29. The smallest absolute Gasteiger partial charge is 0.344 e. The molecule has 0 spiro atoms. The second-order valence-corrected chi connectivity index (χ2v) is 6.37. The van der Waals surface area contributed by atoms with Crippen molar-refractivity contribution < 1.29 is 23.9 Å². The van der Waals surface area contributed by atoms with E-state index in [1.165, 1.54) is 6.92 Å². The van der Waals surface area contributed by atoms with Crippen LogP contribution in [0.3, 0.4) is 0 Å². The third-order valence-corrected chi connectivity index (χ3v) is 3.90. The highest BCUT2D eigenvalue weighted by atomic mass is 16.6.